The first kappa shape index (κ1) is 32.0. The first-order valence-corrected chi connectivity index (χ1v) is 16.9. The Morgan fingerprint density at radius 1 is 1.06 bits per heavy atom. The Hall–Kier alpha value is -3.57. The minimum absolute atomic E-state index is 0.00334. The highest BCUT2D eigenvalue weighted by molar-refractivity contribution is 5.92. The summed E-state index contributed by atoms with van der Waals surface area (Å²) >= 11 is 0. The van der Waals surface area contributed by atoms with Gasteiger partial charge in [-0.05, 0) is 67.9 Å². The number of ketones is 1. The lowest BCUT2D eigenvalue weighted by Gasteiger charge is -2.35. The molecule has 10 nitrogen and oxygen atoms in total. The van der Waals surface area contributed by atoms with Gasteiger partial charge in [0.05, 0.1) is 36.6 Å². The van der Waals surface area contributed by atoms with Crippen molar-refractivity contribution in [3.8, 4) is 11.6 Å². The van der Waals surface area contributed by atoms with Crippen LogP contribution in [-0.4, -0.2) is 76.5 Å². The van der Waals surface area contributed by atoms with Crippen molar-refractivity contribution in [3.63, 3.8) is 0 Å². The van der Waals surface area contributed by atoms with E-state index in [9.17, 15) is 14.4 Å². The third-order valence-corrected chi connectivity index (χ3v) is 11.3. The molecule has 3 heterocycles. The molecule has 47 heavy (non-hydrogen) atoms. The van der Waals surface area contributed by atoms with Gasteiger partial charge in [-0.1, -0.05) is 34.1 Å². The van der Waals surface area contributed by atoms with Gasteiger partial charge < -0.3 is 24.4 Å². The molecule has 0 spiro atoms. The van der Waals surface area contributed by atoms with Gasteiger partial charge in [-0.25, -0.2) is 23.5 Å². The number of Topliss-reactive ketones (excluding diaryl/α,β-unsaturated/α-hetero) is 1. The maximum Gasteiger partial charge on any atom is 0.408 e. The number of rotatable bonds is 2. The summed E-state index contributed by atoms with van der Waals surface area (Å²) in [6, 6.07) is 3.25. The first-order valence-electron chi connectivity index (χ1n) is 16.9. The number of ether oxygens (including phenoxy) is 3. The number of nitrogens with zero attached hydrogens (tertiary/aromatic N) is 3. The van der Waals surface area contributed by atoms with Crippen LogP contribution in [0.3, 0.4) is 0 Å². The molecular weight excluding hydrogens is 610 g/mol. The van der Waals surface area contributed by atoms with E-state index in [4.69, 9.17) is 24.2 Å². The second-order valence-electron chi connectivity index (χ2n) is 15.5. The number of amides is 2. The Balaban J connectivity index is 1.30. The molecule has 3 aliphatic carbocycles. The van der Waals surface area contributed by atoms with E-state index in [1.807, 2.05) is 20.8 Å². The molecule has 1 N–H and O–H groups in total. The minimum Gasteiger partial charge on any atom is -0.497 e. The van der Waals surface area contributed by atoms with Gasteiger partial charge in [-0.15, -0.1) is 0 Å². The molecule has 2 aromatic rings. The average molecular weight is 655 g/mol. The summed E-state index contributed by atoms with van der Waals surface area (Å²) in [5.74, 6) is -4.74. The monoisotopic (exact) mass is 654 g/mol. The molecule has 1 aromatic carbocycles. The van der Waals surface area contributed by atoms with Crippen LogP contribution in [0.4, 0.5) is 13.6 Å². The molecule has 3 saturated carbocycles. The van der Waals surface area contributed by atoms with E-state index in [2.05, 4.69) is 5.32 Å². The number of carbonyl (C=O) groups is 3. The Kier molecular flexibility index (Phi) is 7.67. The standard InChI is InChI=1S/C35H44F2N4O6/c1-16-26-15-41(29(16)17(2)42)32(43)30(34(3,4)5)40-33(44)47-25-13-18-12-21(18)20(25)8-7-9-22-27(35(22,36)37)28-31(46-26)39-24-14-19(45-6)10-11-23(24)38-28/h10-11,14,16,18,20-22,25-27,29-30H,7-9,12-13,15H2,1-6H3,(H,40,44)/t16-,18?,20-,21?,22?,25-,26+,27?,29+,30-/m1/s1. The molecule has 0 radical (unpaired) electrons. The lowest BCUT2D eigenvalue weighted by atomic mass is 9.85. The van der Waals surface area contributed by atoms with Crippen molar-refractivity contribution >= 4 is 28.8 Å². The smallest absolute Gasteiger partial charge is 0.408 e. The fourth-order valence-electron chi connectivity index (χ4n) is 8.66. The molecule has 254 valence electrons. The largest absolute Gasteiger partial charge is 0.497 e. The van der Waals surface area contributed by atoms with E-state index in [0.29, 0.717) is 47.9 Å². The summed E-state index contributed by atoms with van der Waals surface area (Å²) in [5.41, 5.74) is 0.262. The predicted octanol–water partition coefficient (Wildman–Crippen LogP) is 5.52. The van der Waals surface area contributed by atoms with Crippen molar-refractivity contribution in [1.29, 1.82) is 0 Å². The van der Waals surface area contributed by atoms with Crippen molar-refractivity contribution in [2.24, 2.45) is 35.0 Å². The van der Waals surface area contributed by atoms with Gasteiger partial charge in [0, 0.05) is 17.9 Å². The molecule has 2 amide bonds. The van der Waals surface area contributed by atoms with Crippen LogP contribution in [0.1, 0.15) is 78.3 Å². The van der Waals surface area contributed by atoms with Crippen LogP contribution in [0.15, 0.2) is 18.2 Å². The van der Waals surface area contributed by atoms with Crippen LogP contribution in [0, 0.1) is 35.0 Å². The second kappa shape index (κ2) is 11.3. The van der Waals surface area contributed by atoms with E-state index in [0.717, 1.165) is 12.8 Å². The zero-order valence-corrected chi connectivity index (χ0v) is 27.8. The van der Waals surface area contributed by atoms with Gasteiger partial charge in [0.1, 0.15) is 29.7 Å². The zero-order chi connectivity index (χ0) is 33.6. The van der Waals surface area contributed by atoms with Crippen molar-refractivity contribution in [2.45, 2.75) is 103 Å². The minimum atomic E-state index is -2.99. The maximum absolute atomic E-state index is 15.7. The molecule has 1 aromatic heterocycles. The molecule has 4 fully saturated rings. The molecule has 7 rings (SSSR count). The Morgan fingerprint density at radius 3 is 2.53 bits per heavy atom. The summed E-state index contributed by atoms with van der Waals surface area (Å²) in [6.07, 6.45) is 1.62. The first-order chi connectivity index (χ1) is 22.2. The Bertz CT molecular complexity index is 1610. The normalized spacial score (nSPS) is 36.4. The third-order valence-electron chi connectivity index (χ3n) is 11.3. The lowest BCUT2D eigenvalue weighted by Crippen LogP contribution is -2.57. The summed E-state index contributed by atoms with van der Waals surface area (Å²) in [5, 5.41) is 2.84. The quantitative estimate of drug-likeness (QED) is 0.450. The summed E-state index contributed by atoms with van der Waals surface area (Å²) in [4.78, 5) is 51.5. The molecule has 1 saturated heterocycles. The lowest BCUT2D eigenvalue weighted by molar-refractivity contribution is -0.141. The number of aromatic nitrogens is 2. The van der Waals surface area contributed by atoms with Crippen molar-refractivity contribution in [3.05, 3.63) is 23.9 Å². The number of hydrogen-bond donors (Lipinski definition) is 1. The van der Waals surface area contributed by atoms with Gasteiger partial charge in [0.25, 0.3) is 5.92 Å². The number of halogens is 2. The number of hydrogen-bond acceptors (Lipinski definition) is 8. The number of methoxy groups -OCH3 is 1. The van der Waals surface area contributed by atoms with Gasteiger partial charge in [-0.3, -0.25) is 9.59 Å². The van der Waals surface area contributed by atoms with Crippen molar-refractivity contribution in [2.75, 3.05) is 13.7 Å². The number of carbonyl (C=O) groups excluding carboxylic acids is 3. The van der Waals surface area contributed by atoms with E-state index in [-0.39, 0.29) is 35.9 Å². The highest BCUT2D eigenvalue weighted by Gasteiger charge is 2.70. The number of alkyl halides is 2. The van der Waals surface area contributed by atoms with Gasteiger partial charge in [-0.2, -0.15) is 0 Å². The molecule has 4 unspecified atom stereocenters. The van der Waals surface area contributed by atoms with E-state index >= 15 is 8.78 Å². The van der Waals surface area contributed by atoms with Crippen LogP contribution in [-0.2, 0) is 14.3 Å². The molecule has 5 aliphatic rings. The van der Waals surface area contributed by atoms with Crippen molar-refractivity contribution in [1.82, 2.24) is 20.2 Å². The van der Waals surface area contributed by atoms with Crippen LogP contribution >= 0.6 is 0 Å². The SMILES string of the molecule is COc1ccc2nc3c(nc2c1)O[C@H]1CN(C(=O)[C@H](C(C)(C)C)NC(=O)O[C@@H]2CC4CC4[C@H]2CCCC2C3C2(F)F)[C@H](C(C)=O)[C@@H]1C. The summed E-state index contributed by atoms with van der Waals surface area (Å²) in [7, 11) is 1.53. The third kappa shape index (κ3) is 5.59. The highest BCUT2D eigenvalue weighted by Crippen LogP contribution is 2.65. The van der Waals surface area contributed by atoms with E-state index in [1.165, 1.54) is 18.9 Å². The molecule has 12 heteroatoms. The maximum atomic E-state index is 15.7. The topological polar surface area (TPSA) is 120 Å². The molecular formula is C35H44F2N4O6. The molecule has 2 bridgehead atoms. The van der Waals surface area contributed by atoms with Gasteiger partial charge in [0.15, 0.2) is 5.78 Å². The highest BCUT2D eigenvalue weighted by atomic mass is 19.3. The average Bonchev–Trinajstić information content (AvgIpc) is 3.78. The van der Waals surface area contributed by atoms with Gasteiger partial charge >= 0.3 is 6.09 Å². The molecule has 10 atom stereocenters. The zero-order valence-electron chi connectivity index (χ0n) is 27.8. The van der Waals surface area contributed by atoms with E-state index in [1.54, 1.807) is 25.1 Å². The van der Waals surface area contributed by atoms with Crippen LogP contribution in [0.5, 0.6) is 11.6 Å². The fraction of sp³-hybridized carbons (Fsp3) is 0.686. The second-order valence-corrected chi connectivity index (χ2v) is 15.5. The summed E-state index contributed by atoms with van der Waals surface area (Å²) < 4.78 is 49.1. The number of fused-ring (bicyclic) bond motifs is 9. The van der Waals surface area contributed by atoms with Gasteiger partial charge in [0.2, 0.25) is 11.8 Å². The van der Waals surface area contributed by atoms with Crippen LogP contribution < -0.4 is 14.8 Å². The molecule has 2 aliphatic heterocycles. The predicted molar refractivity (Wildman–Crippen MR) is 167 cm³/mol. The Morgan fingerprint density at radius 2 is 1.83 bits per heavy atom. The fourth-order valence-corrected chi connectivity index (χ4v) is 8.66. The van der Waals surface area contributed by atoms with Crippen LogP contribution in [0.25, 0.3) is 11.0 Å². The van der Waals surface area contributed by atoms with Crippen molar-refractivity contribution < 1.29 is 37.4 Å². The van der Waals surface area contributed by atoms with Crippen LogP contribution in [0.2, 0.25) is 0 Å². The Labute approximate surface area is 273 Å². The number of nitrogens with one attached hydrogen (secondary N) is 1. The summed E-state index contributed by atoms with van der Waals surface area (Å²) in [6.45, 7) is 8.78. The number of alkyl carbamates (subject to hydrolysis) is 1. The number of benzene rings is 1. The van der Waals surface area contributed by atoms with E-state index < -0.39 is 59.3 Å².